The Morgan fingerprint density at radius 3 is 2.96 bits per heavy atom. The third-order valence-electron chi connectivity index (χ3n) is 4.44. The molecule has 132 valence electrons. The second kappa shape index (κ2) is 8.01. The molecule has 0 radical (unpaired) electrons. The van der Waals surface area contributed by atoms with Crippen LogP contribution >= 0.6 is 0 Å². The maximum atomic E-state index is 12.5. The molecule has 5 nitrogen and oxygen atoms in total. The minimum absolute atomic E-state index is 0.0101. The minimum atomic E-state index is -0.0943. The third kappa shape index (κ3) is 4.10. The number of oxime groups is 1. The van der Waals surface area contributed by atoms with E-state index in [0.29, 0.717) is 31.4 Å². The molecular weight excluding hydrogens is 318 g/mol. The topological polar surface area (TPSA) is 72.0 Å². The first kappa shape index (κ1) is 17.3. The number of allylic oxidation sites excluding steroid dienone is 2. The van der Waals surface area contributed by atoms with Gasteiger partial charge in [0.2, 0.25) is 0 Å². The summed E-state index contributed by atoms with van der Waals surface area (Å²) in [5.74, 6) is 0.881. The van der Waals surface area contributed by atoms with Gasteiger partial charge in [-0.15, -0.1) is 0 Å². The Balaban J connectivity index is 1.64. The summed E-state index contributed by atoms with van der Waals surface area (Å²) in [7, 11) is 0. The standard InChI is InChI=1S/C20H23NO4/c1-2-24-21-10-6-5-8-16-17(22)11-15(12-18(16)23)20-13-14-7-3-4-9-19(14)25-20/h3-4,7,9-10,13,15,22H,2,5-6,8,11-12H2,1H3. The van der Waals surface area contributed by atoms with Gasteiger partial charge in [-0.05, 0) is 38.3 Å². The molecule has 1 atom stereocenters. The van der Waals surface area contributed by atoms with Gasteiger partial charge in [-0.3, -0.25) is 4.79 Å². The Bertz CT molecular complexity index is 770. The normalized spacial score (nSPS) is 18.4. The molecule has 1 unspecified atom stereocenters. The molecule has 1 aliphatic rings. The van der Waals surface area contributed by atoms with Crippen LogP contribution in [-0.2, 0) is 9.63 Å². The van der Waals surface area contributed by atoms with E-state index in [0.717, 1.165) is 29.6 Å². The second-order valence-electron chi connectivity index (χ2n) is 6.24. The lowest BCUT2D eigenvalue weighted by atomic mass is 9.84. The van der Waals surface area contributed by atoms with Crippen molar-refractivity contribution in [1.82, 2.24) is 0 Å². The average Bonchev–Trinajstić information content (AvgIpc) is 3.04. The largest absolute Gasteiger partial charge is 0.512 e. The smallest absolute Gasteiger partial charge is 0.162 e. The molecular formula is C20H23NO4. The Morgan fingerprint density at radius 2 is 2.20 bits per heavy atom. The van der Waals surface area contributed by atoms with Crippen molar-refractivity contribution in [3.63, 3.8) is 0 Å². The summed E-state index contributed by atoms with van der Waals surface area (Å²) >= 11 is 0. The number of carbonyl (C=O) groups is 1. The van der Waals surface area contributed by atoms with Crippen LogP contribution in [-0.4, -0.2) is 23.7 Å². The Hall–Kier alpha value is -2.56. The van der Waals surface area contributed by atoms with E-state index in [1.807, 2.05) is 37.3 Å². The Kier molecular flexibility index (Phi) is 5.53. The molecule has 1 heterocycles. The summed E-state index contributed by atoms with van der Waals surface area (Å²) in [5.41, 5.74) is 1.37. The van der Waals surface area contributed by atoms with Gasteiger partial charge in [-0.25, -0.2) is 0 Å². The molecule has 0 bridgehead atoms. The number of furan rings is 1. The SMILES string of the molecule is CCON=CCCCC1=C(O)CC(c2cc3ccccc3o2)CC1=O. The van der Waals surface area contributed by atoms with Gasteiger partial charge >= 0.3 is 0 Å². The van der Waals surface area contributed by atoms with Crippen LogP contribution in [0.3, 0.4) is 0 Å². The molecule has 1 N–H and O–H groups in total. The number of hydrogen-bond acceptors (Lipinski definition) is 5. The van der Waals surface area contributed by atoms with Crippen molar-refractivity contribution >= 4 is 23.0 Å². The van der Waals surface area contributed by atoms with Crippen LogP contribution in [0.4, 0.5) is 0 Å². The summed E-state index contributed by atoms with van der Waals surface area (Å²) in [6, 6.07) is 9.74. The van der Waals surface area contributed by atoms with Gasteiger partial charge in [0.15, 0.2) is 5.78 Å². The number of hydrogen-bond donors (Lipinski definition) is 1. The van der Waals surface area contributed by atoms with Gasteiger partial charge in [0.1, 0.15) is 18.0 Å². The highest BCUT2D eigenvalue weighted by atomic mass is 16.6. The molecule has 3 rings (SSSR count). The minimum Gasteiger partial charge on any atom is -0.512 e. The first-order chi connectivity index (χ1) is 12.2. The van der Waals surface area contributed by atoms with Crippen molar-refractivity contribution in [3.05, 3.63) is 47.4 Å². The van der Waals surface area contributed by atoms with E-state index in [9.17, 15) is 9.90 Å². The number of rotatable bonds is 7. The molecule has 25 heavy (non-hydrogen) atoms. The van der Waals surface area contributed by atoms with Gasteiger partial charge in [0.05, 0.1) is 5.76 Å². The number of unbranched alkanes of at least 4 members (excludes halogenated alkanes) is 1. The maximum absolute atomic E-state index is 12.5. The fourth-order valence-electron chi connectivity index (χ4n) is 3.18. The predicted octanol–water partition coefficient (Wildman–Crippen LogP) is 4.88. The molecule has 2 aromatic rings. The van der Waals surface area contributed by atoms with E-state index >= 15 is 0 Å². The van der Waals surface area contributed by atoms with E-state index in [-0.39, 0.29) is 17.5 Å². The number of aliphatic hydroxyl groups excluding tert-OH is 1. The average molecular weight is 341 g/mol. The molecule has 0 saturated carbocycles. The molecule has 0 aliphatic heterocycles. The van der Waals surface area contributed by atoms with E-state index in [1.165, 1.54) is 0 Å². The molecule has 1 aliphatic carbocycles. The van der Waals surface area contributed by atoms with Gasteiger partial charge < -0.3 is 14.4 Å². The van der Waals surface area contributed by atoms with E-state index in [4.69, 9.17) is 9.25 Å². The number of ketones is 1. The van der Waals surface area contributed by atoms with Crippen LogP contribution in [0.5, 0.6) is 0 Å². The highest BCUT2D eigenvalue weighted by Crippen LogP contribution is 2.37. The zero-order valence-corrected chi connectivity index (χ0v) is 14.4. The number of para-hydroxylation sites is 1. The Labute approximate surface area is 147 Å². The first-order valence-corrected chi connectivity index (χ1v) is 8.75. The first-order valence-electron chi connectivity index (χ1n) is 8.75. The number of fused-ring (bicyclic) bond motifs is 1. The van der Waals surface area contributed by atoms with E-state index < -0.39 is 0 Å². The number of aliphatic hydroxyl groups is 1. The highest BCUT2D eigenvalue weighted by molar-refractivity contribution is 5.97. The fourth-order valence-corrected chi connectivity index (χ4v) is 3.18. The van der Waals surface area contributed by atoms with Gasteiger partial charge in [-0.2, -0.15) is 0 Å². The number of nitrogens with zero attached hydrogens (tertiary/aromatic N) is 1. The maximum Gasteiger partial charge on any atom is 0.162 e. The van der Waals surface area contributed by atoms with E-state index in [2.05, 4.69) is 5.16 Å². The molecule has 0 amide bonds. The van der Waals surface area contributed by atoms with Gasteiger partial charge in [0, 0.05) is 35.9 Å². The zero-order valence-electron chi connectivity index (χ0n) is 14.4. The van der Waals surface area contributed by atoms with Gasteiger partial charge in [0.25, 0.3) is 0 Å². The summed E-state index contributed by atoms with van der Waals surface area (Å²) in [6.45, 7) is 2.42. The molecule has 5 heteroatoms. The summed E-state index contributed by atoms with van der Waals surface area (Å²) < 4.78 is 5.86. The molecule has 1 aromatic carbocycles. The van der Waals surface area contributed by atoms with Gasteiger partial charge in [-0.1, -0.05) is 23.4 Å². The molecule has 0 spiro atoms. The van der Waals surface area contributed by atoms with Crippen molar-refractivity contribution in [1.29, 1.82) is 0 Å². The predicted molar refractivity (Wildman–Crippen MR) is 96.8 cm³/mol. The number of Topliss-reactive ketones (excluding diaryl/α,β-unsaturated/α-hetero) is 1. The van der Waals surface area contributed by atoms with Crippen LogP contribution in [0.25, 0.3) is 11.0 Å². The van der Waals surface area contributed by atoms with Crippen molar-refractivity contribution in [2.24, 2.45) is 5.16 Å². The lowest BCUT2D eigenvalue weighted by molar-refractivity contribution is -0.117. The lowest BCUT2D eigenvalue weighted by Crippen LogP contribution is -2.18. The van der Waals surface area contributed by atoms with Crippen LogP contribution in [0.15, 0.2) is 51.2 Å². The highest BCUT2D eigenvalue weighted by Gasteiger charge is 2.30. The van der Waals surface area contributed by atoms with Crippen LogP contribution in [0.2, 0.25) is 0 Å². The van der Waals surface area contributed by atoms with E-state index in [1.54, 1.807) is 6.21 Å². The van der Waals surface area contributed by atoms with Crippen molar-refractivity contribution in [2.75, 3.05) is 6.61 Å². The summed E-state index contributed by atoms with van der Waals surface area (Å²) in [5, 5.41) is 15.1. The molecule has 0 saturated heterocycles. The molecule has 1 aromatic heterocycles. The Morgan fingerprint density at radius 1 is 1.36 bits per heavy atom. The summed E-state index contributed by atoms with van der Waals surface area (Å²) in [4.78, 5) is 17.3. The zero-order chi connectivity index (χ0) is 17.6. The van der Waals surface area contributed by atoms with Crippen molar-refractivity contribution in [2.45, 2.75) is 44.9 Å². The second-order valence-corrected chi connectivity index (χ2v) is 6.24. The van der Waals surface area contributed by atoms with Crippen LogP contribution in [0.1, 0.15) is 50.7 Å². The van der Waals surface area contributed by atoms with Crippen LogP contribution in [0, 0.1) is 0 Å². The third-order valence-corrected chi connectivity index (χ3v) is 4.44. The lowest BCUT2D eigenvalue weighted by Gasteiger charge is -2.21. The molecule has 0 fully saturated rings. The van der Waals surface area contributed by atoms with Crippen molar-refractivity contribution in [3.8, 4) is 0 Å². The monoisotopic (exact) mass is 341 g/mol. The van der Waals surface area contributed by atoms with Crippen molar-refractivity contribution < 1.29 is 19.2 Å². The summed E-state index contributed by atoms with van der Waals surface area (Å²) in [6.07, 6.45) is 4.58. The fraction of sp³-hybridized carbons (Fsp3) is 0.400. The van der Waals surface area contributed by atoms with Crippen LogP contribution < -0.4 is 0 Å². The quantitative estimate of drug-likeness (QED) is 0.442. The number of benzene rings is 1. The number of carbonyl (C=O) groups excluding carboxylic acids is 1.